The molecule has 4 heteroatoms. The van der Waals surface area contributed by atoms with E-state index in [1.54, 1.807) is 7.11 Å². The number of nitrogens with one attached hydrogen (secondary N) is 1. The number of hydrogen-bond donors (Lipinski definition) is 1. The lowest BCUT2D eigenvalue weighted by atomic mass is 10.1. The number of carbonyl (C=O) groups excluding carboxylic acids is 1. The Labute approximate surface area is 150 Å². The van der Waals surface area contributed by atoms with Crippen molar-refractivity contribution < 1.29 is 14.3 Å². The minimum absolute atomic E-state index is 0.0657. The molecule has 0 saturated carbocycles. The molecule has 25 heavy (non-hydrogen) atoms. The van der Waals surface area contributed by atoms with Gasteiger partial charge in [0, 0.05) is 6.54 Å². The number of rotatable bonds is 9. The Hall–Kier alpha value is -2.49. The van der Waals surface area contributed by atoms with Crippen LogP contribution in [0.5, 0.6) is 11.5 Å². The first-order valence-electron chi connectivity index (χ1n) is 8.77. The number of benzene rings is 2. The van der Waals surface area contributed by atoms with Gasteiger partial charge in [-0.15, -0.1) is 0 Å². The van der Waals surface area contributed by atoms with Gasteiger partial charge < -0.3 is 14.8 Å². The Bertz CT molecular complexity index is 684. The number of hydrogen-bond acceptors (Lipinski definition) is 3. The molecular formula is C21H27NO3. The van der Waals surface area contributed by atoms with Crippen molar-refractivity contribution in [3.05, 3.63) is 59.7 Å². The van der Waals surface area contributed by atoms with Crippen molar-refractivity contribution in [2.24, 2.45) is 0 Å². The second-order valence-corrected chi connectivity index (χ2v) is 6.04. The van der Waals surface area contributed by atoms with Crippen LogP contribution in [-0.4, -0.2) is 25.7 Å². The number of amides is 1. The molecule has 0 spiro atoms. The van der Waals surface area contributed by atoms with E-state index < -0.39 is 6.10 Å². The summed E-state index contributed by atoms with van der Waals surface area (Å²) in [6.07, 6.45) is 1.88. The standard InChI is InChI=1S/C21H27NO3/c1-4-19(25-18-12-7-9-16(2)15-18)21(23)22-14-8-11-17-10-5-6-13-20(17)24-3/h5-7,9-10,12-13,15,19H,4,8,11,14H2,1-3H3,(H,22,23)/t19-/m0/s1. The molecule has 1 N–H and O–H groups in total. The minimum atomic E-state index is -0.465. The largest absolute Gasteiger partial charge is 0.496 e. The van der Waals surface area contributed by atoms with E-state index in [2.05, 4.69) is 11.4 Å². The molecule has 0 saturated heterocycles. The van der Waals surface area contributed by atoms with Crippen LogP contribution >= 0.6 is 0 Å². The molecule has 0 aliphatic rings. The number of carbonyl (C=O) groups is 1. The molecule has 4 nitrogen and oxygen atoms in total. The summed E-state index contributed by atoms with van der Waals surface area (Å²) in [7, 11) is 1.68. The number of ether oxygens (including phenoxy) is 2. The van der Waals surface area contributed by atoms with E-state index in [1.165, 1.54) is 0 Å². The molecule has 0 aliphatic heterocycles. The third-order valence-corrected chi connectivity index (χ3v) is 4.05. The summed E-state index contributed by atoms with van der Waals surface area (Å²) in [4.78, 5) is 12.3. The van der Waals surface area contributed by atoms with E-state index in [9.17, 15) is 4.79 Å². The summed E-state index contributed by atoms with van der Waals surface area (Å²) in [6.45, 7) is 4.57. The normalized spacial score (nSPS) is 11.6. The molecule has 2 aromatic carbocycles. The van der Waals surface area contributed by atoms with Crippen LogP contribution in [0.3, 0.4) is 0 Å². The summed E-state index contributed by atoms with van der Waals surface area (Å²) in [5.74, 6) is 1.56. The highest BCUT2D eigenvalue weighted by molar-refractivity contribution is 5.81. The van der Waals surface area contributed by atoms with Gasteiger partial charge in [-0.3, -0.25) is 4.79 Å². The lowest BCUT2D eigenvalue weighted by Gasteiger charge is -2.17. The first kappa shape index (κ1) is 18.8. The summed E-state index contributed by atoms with van der Waals surface area (Å²) < 4.78 is 11.2. The molecule has 1 amide bonds. The van der Waals surface area contributed by atoms with Gasteiger partial charge in [0.1, 0.15) is 11.5 Å². The number of methoxy groups -OCH3 is 1. The maximum Gasteiger partial charge on any atom is 0.261 e. The number of para-hydroxylation sites is 1. The average Bonchev–Trinajstić information content (AvgIpc) is 2.63. The van der Waals surface area contributed by atoms with Crippen LogP contribution in [0.25, 0.3) is 0 Å². The smallest absolute Gasteiger partial charge is 0.261 e. The van der Waals surface area contributed by atoms with Gasteiger partial charge in [-0.1, -0.05) is 37.3 Å². The van der Waals surface area contributed by atoms with Gasteiger partial charge in [-0.2, -0.15) is 0 Å². The predicted octanol–water partition coefficient (Wildman–Crippen LogP) is 3.91. The first-order chi connectivity index (χ1) is 12.1. The van der Waals surface area contributed by atoms with Crippen LogP contribution in [0, 0.1) is 6.92 Å². The predicted molar refractivity (Wildman–Crippen MR) is 100 cm³/mol. The fraction of sp³-hybridized carbons (Fsp3) is 0.381. The maximum absolute atomic E-state index is 12.3. The maximum atomic E-state index is 12.3. The van der Waals surface area contributed by atoms with Gasteiger partial charge in [-0.05, 0) is 55.5 Å². The van der Waals surface area contributed by atoms with Crippen LogP contribution in [0.2, 0.25) is 0 Å². The van der Waals surface area contributed by atoms with E-state index in [-0.39, 0.29) is 5.91 Å². The van der Waals surface area contributed by atoms with Crippen molar-refractivity contribution in [1.29, 1.82) is 0 Å². The quantitative estimate of drug-likeness (QED) is 0.704. The van der Waals surface area contributed by atoms with E-state index >= 15 is 0 Å². The van der Waals surface area contributed by atoms with Crippen LogP contribution in [0.15, 0.2) is 48.5 Å². The topological polar surface area (TPSA) is 47.6 Å². The van der Waals surface area contributed by atoms with Crippen molar-refractivity contribution in [2.45, 2.75) is 39.2 Å². The second-order valence-electron chi connectivity index (χ2n) is 6.04. The third kappa shape index (κ3) is 5.82. The highest BCUT2D eigenvalue weighted by atomic mass is 16.5. The summed E-state index contributed by atoms with van der Waals surface area (Å²) in [6, 6.07) is 15.7. The minimum Gasteiger partial charge on any atom is -0.496 e. The fourth-order valence-corrected chi connectivity index (χ4v) is 2.69. The molecule has 2 rings (SSSR count). The highest BCUT2D eigenvalue weighted by Gasteiger charge is 2.17. The molecule has 0 aromatic heterocycles. The van der Waals surface area contributed by atoms with Gasteiger partial charge in [0.05, 0.1) is 7.11 Å². The van der Waals surface area contributed by atoms with Crippen LogP contribution in [0.1, 0.15) is 30.9 Å². The zero-order chi connectivity index (χ0) is 18.1. The monoisotopic (exact) mass is 341 g/mol. The second kappa shape index (κ2) is 9.72. The molecule has 0 aliphatic carbocycles. The van der Waals surface area contributed by atoms with Gasteiger partial charge >= 0.3 is 0 Å². The van der Waals surface area contributed by atoms with Crippen molar-refractivity contribution in [3.63, 3.8) is 0 Å². The molecule has 1 atom stereocenters. The van der Waals surface area contributed by atoms with Gasteiger partial charge in [0.15, 0.2) is 6.10 Å². The Morgan fingerprint density at radius 3 is 2.68 bits per heavy atom. The third-order valence-electron chi connectivity index (χ3n) is 4.05. The van der Waals surface area contributed by atoms with Crippen molar-refractivity contribution >= 4 is 5.91 Å². The van der Waals surface area contributed by atoms with E-state index in [0.29, 0.717) is 13.0 Å². The van der Waals surface area contributed by atoms with Crippen molar-refractivity contribution in [1.82, 2.24) is 5.32 Å². The molecule has 0 bridgehead atoms. The fourth-order valence-electron chi connectivity index (χ4n) is 2.69. The lowest BCUT2D eigenvalue weighted by molar-refractivity contribution is -0.128. The van der Waals surface area contributed by atoms with Crippen molar-refractivity contribution in [3.8, 4) is 11.5 Å². The van der Waals surface area contributed by atoms with Gasteiger partial charge in [0.2, 0.25) is 0 Å². The van der Waals surface area contributed by atoms with Crippen LogP contribution in [-0.2, 0) is 11.2 Å². The average molecular weight is 341 g/mol. The molecule has 2 aromatic rings. The molecule has 0 radical (unpaired) electrons. The van der Waals surface area contributed by atoms with Crippen LogP contribution < -0.4 is 14.8 Å². The summed E-state index contributed by atoms with van der Waals surface area (Å²) in [5.41, 5.74) is 2.27. The van der Waals surface area contributed by atoms with Crippen LogP contribution in [0.4, 0.5) is 0 Å². The van der Waals surface area contributed by atoms with Gasteiger partial charge in [0.25, 0.3) is 5.91 Å². The first-order valence-corrected chi connectivity index (χ1v) is 8.77. The molecule has 0 unspecified atom stereocenters. The highest BCUT2D eigenvalue weighted by Crippen LogP contribution is 2.18. The van der Waals surface area contributed by atoms with Crippen molar-refractivity contribution in [2.75, 3.05) is 13.7 Å². The van der Waals surface area contributed by atoms with E-state index in [4.69, 9.17) is 9.47 Å². The Morgan fingerprint density at radius 1 is 1.16 bits per heavy atom. The zero-order valence-electron chi connectivity index (χ0n) is 15.2. The summed E-state index contributed by atoms with van der Waals surface area (Å²) in [5, 5.41) is 2.97. The molecule has 0 fully saturated rings. The van der Waals surface area contributed by atoms with E-state index in [0.717, 1.165) is 35.5 Å². The zero-order valence-corrected chi connectivity index (χ0v) is 15.2. The Kier molecular flexibility index (Phi) is 7.33. The SMILES string of the molecule is CC[C@H](Oc1cccc(C)c1)C(=O)NCCCc1ccccc1OC. The molecule has 134 valence electrons. The number of aryl methyl sites for hydroxylation is 2. The molecular weight excluding hydrogens is 314 g/mol. The summed E-state index contributed by atoms with van der Waals surface area (Å²) >= 11 is 0. The lowest BCUT2D eigenvalue weighted by Crippen LogP contribution is -2.38. The molecule has 0 heterocycles. The van der Waals surface area contributed by atoms with E-state index in [1.807, 2.05) is 56.3 Å². The Balaban J connectivity index is 1.80. The van der Waals surface area contributed by atoms with Gasteiger partial charge in [-0.25, -0.2) is 0 Å². The Morgan fingerprint density at radius 2 is 1.96 bits per heavy atom.